The summed E-state index contributed by atoms with van der Waals surface area (Å²) >= 11 is 0. The molecule has 0 bridgehead atoms. The van der Waals surface area contributed by atoms with Crippen molar-refractivity contribution in [2.75, 3.05) is 0 Å². The van der Waals surface area contributed by atoms with Crippen molar-refractivity contribution in [2.24, 2.45) is 0 Å². The van der Waals surface area contributed by atoms with Gasteiger partial charge in [0.15, 0.2) is 5.82 Å². The van der Waals surface area contributed by atoms with Crippen molar-refractivity contribution in [3.63, 3.8) is 0 Å². The fraction of sp³-hybridized carbons (Fsp3) is 0.357. The third-order valence-corrected chi connectivity index (χ3v) is 3.05. The van der Waals surface area contributed by atoms with Crippen LogP contribution in [0.3, 0.4) is 0 Å². The van der Waals surface area contributed by atoms with E-state index in [1.165, 1.54) is 4.68 Å². The highest BCUT2D eigenvalue weighted by Gasteiger charge is 2.21. The molecule has 0 saturated carbocycles. The van der Waals surface area contributed by atoms with Crippen LogP contribution in [0, 0.1) is 0 Å². The molecule has 108 valence electrons. The second-order valence-electron chi connectivity index (χ2n) is 5.83. The minimum Gasteiger partial charge on any atom is -0.337 e. The van der Waals surface area contributed by atoms with Crippen molar-refractivity contribution in [2.45, 2.75) is 32.7 Å². The van der Waals surface area contributed by atoms with Gasteiger partial charge in [0.25, 0.3) is 5.56 Å². The average molecular weight is 285 g/mol. The first-order valence-electron chi connectivity index (χ1n) is 6.61. The van der Waals surface area contributed by atoms with Gasteiger partial charge in [-0.3, -0.25) is 4.79 Å². The van der Waals surface area contributed by atoms with Crippen LogP contribution in [-0.2, 0) is 12.0 Å². The summed E-state index contributed by atoms with van der Waals surface area (Å²) in [5, 5.41) is 12.4. The highest BCUT2D eigenvalue weighted by atomic mass is 16.5. The summed E-state index contributed by atoms with van der Waals surface area (Å²) < 4.78 is 6.40. The van der Waals surface area contributed by atoms with Gasteiger partial charge in [0.2, 0.25) is 5.89 Å². The molecule has 1 aromatic carbocycles. The maximum atomic E-state index is 12.3. The summed E-state index contributed by atoms with van der Waals surface area (Å²) in [6.45, 7) is 6.08. The molecular formula is C14H15N5O2. The van der Waals surface area contributed by atoms with E-state index in [1.807, 2.05) is 26.8 Å². The third-order valence-electron chi connectivity index (χ3n) is 3.05. The lowest BCUT2D eigenvalue weighted by Crippen LogP contribution is -2.25. The van der Waals surface area contributed by atoms with Gasteiger partial charge in [-0.1, -0.05) is 43.3 Å². The van der Waals surface area contributed by atoms with Crippen LogP contribution in [0.15, 0.2) is 33.6 Å². The molecule has 0 saturated heterocycles. The first kappa shape index (κ1) is 13.4. The molecule has 0 radical (unpaired) electrons. The lowest BCUT2D eigenvalue weighted by atomic mass is 9.96. The Morgan fingerprint density at radius 3 is 2.71 bits per heavy atom. The maximum absolute atomic E-state index is 12.3. The predicted molar refractivity (Wildman–Crippen MR) is 75.9 cm³/mol. The number of fused-ring (bicyclic) bond motifs is 1. The normalized spacial score (nSPS) is 12.0. The summed E-state index contributed by atoms with van der Waals surface area (Å²) in [5.74, 6) is 0.936. The molecule has 0 fully saturated rings. The Morgan fingerprint density at radius 2 is 2.00 bits per heavy atom. The summed E-state index contributed by atoms with van der Waals surface area (Å²) in [6, 6.07) is 7.07. The second kappa shape index (κ2) is 4.76. The minimum atomic E-state index is -0.226. The molecule has 0 amide bonds. The molecule has 0 aliphatic carbocycles. The average Bonchev–Trinajstić information content (AvgIpc) is 2.91. The van der Waals surface area contributed by atoms with Crippen molar-refractivity contribution in [3.8, 4) is 0 Å². The highest BCUT2D eigenvalue weighted by Crippen LogP contribution is 2.18. The molecule has 0 spiro atoms. The topological polar surface area (TPSA) is 86.7 Å². The number of aromatic nitrogens is 5. The van der Waals surface area contributed by atoms with Crippen LogP contribution in [0.25, 0.3) is 10.9 Å². The second-order valence-corrected chi connectivity index (χ2v) is 5.83. The van der Waals surface area contributed by atoms with Gasteiger partial charge < -0.3 is 4.52 Å². The van der Waals surface area contributed by atoms with Crippen LogP contribution >= 0.6 is 0 Å². The zero-order valence-electron chi connectivity index (χ0n) is 12.1. The predicted octanol–water partition coefficient (Wildman–Crippen LogP) is 1.52. The number of rotatable bonds is 2. The van der Waals surface area contributed by atoms with Crippen molar-refractivity contribution >= 4 is 10.9 Å². The molecule has 7 heteroatoms. The van der Waals surface area contributed by atoms with E-state index in [0.717, 1.165) is 0 Å². The summed E-state index contributed by atoms with van der Waals surface area (Å²) in [7, 11) is 0. The molecule has 0 aliphatic heterocycles. The Labute approximate surface area is 120 Å². The molecule has 2 aromatic heterocycles. The van der Waals surface area contributed by atoms with Crippen molar-refractivity contribution in [3.05, 3.63) is 46.3 Å². The fourth-order valence-corrected chi connectivity index (χ4v) is 1.88. The number of benzene rings is 1. The first-order chi connectivity index (χ1) is 9.95. The molecule has 2 heterocycles. The fourth-order valence-electron chi connectivity index (χ4n) is 1.88. The van der Waals surface area contributed by atoms with E-state index in [9.17, 15) is 4.79 Å². The van der Waals surface area contributed by atoms with Crippen molar-refractivity contribution < 1.29 is 4.52 Å². The first-order valence-corrected chi connectivity index (χ1v) is 6.61. The van der Waals surface area contributed by atoms with Gasteiger partial charge in [-0.2, -0.15) is 4.98 Å². The van der Waals surface area contributed by atoms with E-state index in [-0.39, 0.29) is 17.5 Å². The summed E-state index contributed by atoms with van der Waals surface area (Å²) in [5.41, 5.74) is 0.137. The highest BCUT2D eigenvalue weighted by molar-refractivity contribution is 5.76. The molecule has 0 atom stereocenters. The van der Waals surface area contributed by atoms with Gasteiger partial charge in [0.05, 0.1) is 5.39 Å². The van der Waals surface area contributed by atoms with Gasteiger partial charge in [0.1, 0.15) is 12.1 Å². The van der Waals surface area contributed by atoms with Gasteiger partial charge in [-0.05, 0) is 12.1 Å². The molecule has 0 unspecified atom stereocenters. The van der Waals surface area contributed by atoms with E-state index in [2.05, 4.69) is 20.5 Å². The number of hydrogen-bond acceptors (Lipinski definition) is 6. The number of nitrogens with zero attached hydrogens (tertiary/aromatic N) is 5. The smallest absolute Gasteiger partial charge is 0.278 e. The Hall–Kier alpha value is -2.57. The van der Waals surface area contributed by atoms with Crippen LogP contribution in [0.5, 0.6) is 0 Å². The maximum Gasteiger partial charge on any atom is 0.278 e. The molecular weight excluding hydrogens is 270 g/mol. The van der Waals surface area contributed by atoms with Crippen molar-refractivity contribution in [1.29, 1.82) is 0 Å². The van der Waals surface area contributed by atoms with Gasteiger partial charge in [-0.25, -0.2) is 4.68 Å². The molecule has 0 aliphatic rings. The third kappa shape index (κ3) is 2.54. The molecule has 3 rings (SSSR count). The Balaban J connectivity index is 1.97. The summed E-state index contributed by atoms with van der Waals surface area (Å²) in [6.07, 6.45) is 0. The number of hydrogen-bond donors (Lipinski definition) is 0. The van der Waals surface area contributed by atoms with Crippen LogP contribution in [0.4, 0.5) is 0 Å². The monoisotopic (exact) mass is 285 g/mol. The lowest BCUT2D eigenvalue weighted by molar-refractivity contribution is 0.349. The molecule has 3 aromatic rings. The molecule has 0 N–H and O–H groups in total. The van der Waals surface area contributed by atoms with Crippen molar-refractivity contribution in [1.82, 2.24) is 25.1 Å². The van der Waals surface area contributed by atoms with Crippen LogP contribution in [-0.4, -0.2) is 25.1 Å². The minimum absolute atomic E-state index is 0.111. The SMILES string of the molecule is CC(C)(C)c1noc(Cn2nnc3ccccc3c2=O)n1. The quantitative estimate of drug-likeness (QED) is 0.709. The molecule has 7 nitrogen and oxygen atoms in total. The van der Waals surface area contributed by atoms with Crippen LogP contribution in [0.2, 0.25) is 0 Å². The van der Waals surface area contributed by atoms with E-state index in [4.69, 9.17) is 4.52 Å². The van der Waals surface area contributed by atoms with E-state index in [1.54, 1.807) is 18.2 Å². The van der Waals surface area contributed by atoms with Gasteiger partial charge in [0, 0.05) is 5.41 Å². The molecule has 21 heavy (non-hydrogen) atoms. The Bertz CT molecular complexity index is 844. The van der Waals surface area contributed by atoms with Crippen LogP contribution < -0.4 is 5.56 Å². The zero-order chi connectivity index (χ0) is 15.0. The Kier molecular flexibility index (Phi) is 3.04. The van der Waals surface area contributed by atoms with Crippen LogP contribution in [0.1, 0.15) is 32.5 Å². The van der Waals surface area contributed by atoms with E-state index >= 15 is 0 Å². The zero-order valence-corrected chi connectivity index (χ0v) is 12.1. The largest absolute Gasteiger partial charge is 0.337 e. The standard InChI is InChI=1S/C14H15N5O2/c1-14(2,3)13-15-11(21-17-13)8-19-12(20)9-6-4-5-7-10(9)16-18-19/h4-7H,8H2,1-3H3. The Morgan fingerprint density at radius 1 is 1.24 bits per heavy atom. The van der Waals surface area contributed by atoms with E-state index in [0.29, 0.717) is 22.6 Å². The van der Waals surface area contributed by atoms with Gasteiger partial charge >= 0.3 is 0 Å². The van der Waals surface area contributed by atoms with E-state index < -0.39 is 0 Å². The summed E-state index contributed by atoms with van der Waals surface area (Å²) in [4.78, 5) is 16.6. The lowest BCUT2D eigenvalue weighted by Gasteiger charge is -2.10. The van der Waals surface area contributed by atoms with Gasteiger partial charge in [-0.15, -0.1) is 5.10 Å².